The van der Waals surface area contributed by atoms with Gasteiger partial charge in [0, 0.05) is 11.6 Å². The molecule has 8 heteroatoms. The van der Waals surface area contributed by atoms with E-state index in [-0.39, 0.29) is 11.8 Å². The van der Waals surface area contributed by atoms with E-state index >= 15 is 0 Å². The predicted molar refractivity (Wildman–Crippen MR) is 118 cm³/mol. The molecule has 2 aromatic carbocycles. The van der Waals surface area contributed by atoms with E-state index in [1.165, 1.54) is 16.7 Å². The molecule has 0 atom stereocenters. The van der Waals surface area contributed by atoms with Crippen molar-refractivity contribution in [1.82, 2.24) is 5.16 Å². The number of carbonyl (C=O) groups is 2. The minimum atomic E-state index is -0.356. The van der Waals surface area contributed by atoms with Crippen molar-refractivity contribution in [3.05, 3.63) is 82.5 Å². The van der Waals surface area contributed by atoms with Crippen molar-refractivity contribution in [1.29, 1.82) is 0 Å². The molecular formula is C21H15N3O3S2. The van der Waals surface area contributed by atoms with Gasteiger partial charge in [-0.2, -0.15) is 0 Å². The smallest absolute Gasteiger partial charge is 0.270 e. The molecule has 29 heavy (non-hydrogen) atoms. The number of benzene rings is 2. The number of aromatic nitrogens is 1. The van der Waals surface area contributed by atoms with E-state index in [9.17, 15) is 9.59 Å². The number of nitrogens with zero attached hydrogens (tertiary/aromatic N) is 2. The minimum absolute atomic E-state index is 0.214. The van der Waals surface area contributed by atoms with Crippen LogP contribution in [-0.2, 0) is 4.79 Å². The van der Waals surface area contributed by atoms with Gasteiger partial charge in [-0.25, -0.2) is 0 Å². The van der Waals surface area contributed by atoms with E-state index in [0.717, 1.165) is 5.56 Å². The first-order valence-electron chi connectivity index (χ1n) is 8.69. The van der Waals surface area contributed by atoms with E-state index < -0.39 is 0 Å². The van der Waals surface area contributed by atoms with Crippen molar-refractivity contribution in [3.63, 3.8) is 0 Å². The highest BCUT2D eigenvalue weighted by atomic mass is 32.2. The molecule has 144 valence electrons. The maximum Gasteiger partial charge on any atom is 0.270 e. The lowest BCUT2D eigenvalue weighted by Crippen LogP contribution is -2.27. The van der Waals surface area contributed by atoms with Crippen LogP contribution in [0.2, 0.25) is 0 Å². The number of hydrogen-bond donors (Lipinski definition) is 1. The molecule has 0 radical (unpaired) electrons. The van der Waals surface area contributed by atoms with Crippen molar-refractivity contribution in [3.8, 4) is 0 Å². The summed E-state index contributed by atoms with van der Waals surface area (Å²) < 4.78 is 5.37. The topological polar surface area (TPSA) is 75.4 Å². The molecular weight excluding hydrogens is 406 g/mol. The van der Waals surface area contributed by atoms with Crippen LogP contribution in [-0.4, -0.2) is 21.3 Å². The molecule has 6 nitrogen and oxygen atoms in total. The Morgan fingerprint density at radius 3 is 2.69 bits per heavy atom. The van der Waals surface area contributed by atoms with Crippen molar-refractivity contribution in [2.24, 2.45) is 0 Å². The molecule has 3 aromatic rings. The number of anilines is 2. The van der Waals surface area contributed by atoms with Gasteiger partial charge in [-0.3, -0.25) is 14.5 Å². The Bertz CT molecular complexity index is 1140. The lowest BCUT2D eigenvalue weighted by molar-refractivity contribution is -0.113. The van der Waals surface area contributed by atoms with Gasteiger partial charge in [-0.05, 0) is 36.8 Å². The number of hydrogen-bond acceptors (Lipinski definition) is 6. The van der Waals surface area contributed by atoms with Crippen molar-refractivity contribution in [2.45, 2.75) is 6.92 Å². The summed E-state index contributed by atoms with van der Waals surface area (Å²) in [5.74, 6) is 0.352. The van der Waals surface area contributed by atoms with Crippen LogP contribution in [0.1, 0.15) is 21.7 Å². The average Bonchev–Trinajstić information content (AvgIpc) is 3.25. The summed E-state index contributed by atoms with van der Waals surface area (Å²) in [5.41, 5.74) is 1.83. The largest absolute Gasteiger partial charge is 0.360 e. The minimum Gasteiger partial charge on any atom is -0.360 e. The van der Waals surface area contributed by atoms with Crippen LogP contribution in [0.15, 0.2) is 70.1 Å². The lowest BCUT2D eigenvalue weighted by atomic mass is 10.1. The number of thiocarbonyl (C=S) groups is 1. The van der Waals surface area contributed by atoms with Crippen molar-refractivity contribution < 1.29 is 14.1 Å². The van der Waals surface area contributed by atoms with Crippen LogP contribution in [0, 0.1) is 6.92 Å². The van der Waals surface area contributed by atoms with Crippen LogP contribution in [0.5, 0.6) is 0 Å². The quantitative estimate of drug-likeness (QED) is 0.489. The van der Waals surface area contributed by atoms with Gasteiger partial charge in [0.05, 0.1) is 10.6 Å². The molecule has 0 saturated carbocycles. The summed E-state index contributed by atoms with van der Waals surface area (Å²) in [6, 6.07) is 17.9. The molecule has 2 amide bonds. The first-order chi connectivity index (χ1) is 14.0. The Morgan fingerprint density at radius 1 is 1.17 bits per heavy atom. The second-order valence-electron chi connectivity index (χ2n) is 6.26. The Balaban J connectivity index is 1.57. The Hall–Kier alpha value is -3.23. The van der Waals surface area contributed by atoms with Gasteiger partial charge in [0.1, 0.15) is 5.76 Å². The van der Waals surface area contributed by atoms with Gasteiger partial charge < -0.3 is 9.84 Å². The molecule has 2 heterocycles. The molecule has 1 N–H and O–H groups in total. The fourth-order valence-electron chi connectivity index (χ4n) is 2.79. The standard InChI is InChI=1S/C21H15N3O3S2/c1-13-10-18(23-27-13)22-19(25)15-8-5-9-16(12-15)24-20(26)17(29-21(24)28)11-14-6-3-2-4-7-14/h2-12H,1H3,(H,22,23,25)/b17-11-. The molecule has 4 rings (SSSR count). The zero-order valence-electron chi connectivity index (χ0n) is 15.3. The summed E-state index contributed by atoms with van der Waals surface area (Å²) in [6.45, 7) is 1.74. The highest BCUT2D eigenvalue weighted by molar-refractivity contribution is 8.27. The zero-order valence-corrected chi connectivity index (χ0v) is 16.9. The number of rotatable bonds is 4. The van der Waals surface area contributed by atoms with E-state index in [1.807, 2.05) is 36.4 Å². The molecule has 0 unspecified atom stereocenters. The average molecular weight is 422 g/mol. The second kappa shape index (κ2) is 8.02. The van der Waals surface area contributed by atoms with Gasteiger partial charge in [0.2, 0.25) is 0 Å². The van der Waals surface area contributed by atoms with Gasteiger partial charge in [0.25, 0.3) is 11.8 Å². The first kappa shape index (κ1) is 19.1. The third kappa shape index (κ3) is 4.13. The maximum absolute atomic E-state index is 12.9. The molecule has 0 aliphatic carbocycles. The highest BCUT2D eigenvalue weighted by Crippen LogP contribution is 2.36. The third-order valence-electron chi connectivity index (χ3n) is 4.13. The normalized spacial score (nSPS) is 15.2. The molecule has 1 aromatic heterocycles. The summed E-state index contributed by atoms with van der Waals surface area (Å²) >= 11 is 6.65. The number of aryl methyl sites for hydroxylation is 1. The van der Waals surface area contributed by atoms with Crippen LogP contribution < -0.4 is 10.2 Å². The van der Waals surface area contributed by atoms with Crippen molar-refractivity contribution in [2.75, 3.05) is 10.2 Å². The molecule has 1 aliphatic heterocycles. The fourth-order valence-corrected chi connectivity index (χ4v) is 4.09. The van der Waals surface area contributed by atoms with Gasteiger partial charge in [-0.1, -0.05) is 65.5 Å². The van der Waals surface area contributed by atoms with E-state index in [1.54, 1.807) is 37.3 Å². The summed E-state index contributed by atoms with van der Waals surface area (Å²) in [7, 11) is 0. The van der Waals surface area contributed by atoms with Gasteiger partial charge in [-0.15, -0.1) is 0 Å². The summed E-state index contributed by atoms with van der Waals surface area (Å²) in [6.07, 6.45) is 1.81. The van der Waals surface area contributed by atoms with Crippen LogP contribution in [0.25, 0.3) is 6.08 Å². The van der Waals surface area contributed by atoms with Crippen LogP contribution in [0.4, 0.5) is 11.5 Å². The molecule has 1 saturated heterocycles. The number of nitrogens with one attached hydrogen (secondary N) is 1. The highest BCUT2D eigenvalue weighted by Gasteiger charge is 2.33. The maximum atomic E-state index is 12.9. The van der Waals surface area contributed by atoms with Crippen molar-refractivity contribution >= 4 is 57.7 Å². The Morgan fingerprint density at radius 2 is 1.97 bits per heavy atom. The Labute approximate surface area is 176 Å². The summed E-state index contributed by atoms with van der Waals surface area (Å²) in [5, 5.41) is 6.42. The SMILES string of the molecule is Cc1cc(NC(=O)c2cccc(N3C(=O)/C(=C/c4ccccc4)SC3=S)c2)no1. The van der Waals surface area contributed by atoms with Gasteiger partial charge in [0.15, 0.2) is 10.1 Å². The van der Waals surface area contributed by atoms with Crippen LogP contribution in [0.3, 0.4) is 0 Å². The number of carbonyl (C=O) groups excluding carboxylic acids is 2. The van der Waals surface area contributed by atoms with E-state index in [2.05, 4.69) is 10.5 Å². The molecule has 0 bridgehead atoms. The lowest BCUT2D eigenvalue weighted by Gasteiger charge is -2.15. The van der Waals surface area contributed by atoms with Gasteiger partial charge >= 0.3 is 0 Å². The number of thioether (sulfide) groups is 1. The molecule has 1 aliphatic rings. The molecule has 0 spiro atoms. The van der Waals surface area contributed by atoms with E-state index in [4.69, 9.17) is 16.7 Å². The third-order valence-corrected chi connectivity index (χ3v) is 5.43. The van der Waals surface area contributed by atoms with Crippen LogP contribution >= 0.6 is 24.0 Å². The monoisotopic (exact) mass is 421 g/mol. The molecule has 1 fully saturated rings. The zero-order chi connectivity index (χ0) is 20.4. The predicted octanol–water partition coefficient (Wildman–Crippen LogP) is 4.64. The fraction of sp³-hybridized carbons (Fsp3) is 0.0476. The summed E-state index contributed by atoms with van der Waals surface area (Å²) in [4.78, 5) is 27.4. The second-order valence-corrected chi connectivity index (χ2v) is 7.93. The van der Waals surface area contributed by atoms with E-state index in [0.29, 0.717) is 32.1 Å². The Kier molecular flexibility index (Phi) is 5.28. The first-order valence-corrected chi connectivity index (χ1v) is 9.91. The number of amides is 2.